The fourth-order valence-electron chi connectivity index (χ4n) is 2.83. The SMILES string of the molecule is Cc1ccc(C)c(N2C(=O)C(SCCO)=C(c3ccccc3)C2=O)c1. The van der Waals surface area contributed by atoms with E-state index in [1.807, 2.05) is 62.4 Å². The molecule has 2 aromatic rings. The van der Waals surface area contributed by atoms with E-state index in [9.17, 15) is 9.59 Å². The van der Waals surface area contributed by atoms with Crippen LogP contribution in [0.5, 0.6) is 0 Å². The number of nitrogens with zero attached hydrogens (tertiary/aromatic N) is 1. The van der Waals surface area contributed by atoms with Crippen LogP contribution in [0.1, 0.15) is 16.7 Å². The zero-order valence-electron chi connectivity index (χ0n) is 14.2. The number of benzene rings is 2. The van der Waals surface area contributed by atoms with Gasteiger partial charge in [-0.05, 0) is 36.6 Å². The number of rotatable bonds is 5. The molecule has 3 rings (SSSR count). The minimum atomic E-state index is -0.323. The quantitative estimate of drug-likeness (QED) is 0.838. The molecule has 0 saturated carbocycles. The molecule has 0 bridgehead atoms. The standard InChI is InChI=1S/C20H19NO3S/c1-13-8-9-14(2)16(12-13)21-19(23)17(15-6-4-3-5-7-15)18(20(21)24)25-11-10-22/h3-9,12,22H,10-11H2,1-2H3. The van der Waals surface area contributed by atoms with Crippen LogP contribution in [0.3, 0.4) is 0 Å². The number of thioether (sulfide) groups is 1. The zero-order chi connectivity index (χ0) is 18.0. The summed E-state index contributed by atoms with van der Waals surface area (Å²) in [5.74, 6) is -0.271. The van der Waals surface area contributed by atoms with Gasteiger partial charge < -0.3 is 5.11 Å². The van der Waals surface area contributed by atoms with Crippen LogP contribution in [0.15, 0.2) is 53.4 Å². The third-order valence-electron chi connectivity index (χ3n) is 4.05. The van der Waals surface area contributed by atoms with Crippen molar-refractivity contribution in [3.05, 3.63) is 70.1 Å². The van der Waals surface area contributed by atoms with Crippen molar-refractivity contribution in [1.29, 1.82) is 0 Å². The van der Waals surface area contributed by atoms with Crippen LogP contribution in [0.4, 0.5) is 5.69 Å². The van der Waals surface area contributed by atoms with Crippen LogP contribution in [0.2, 0.25) is 0 Å². The average molecular weight is 353 g/mol. The Bertz CT molecular complexity index is 858. The van der Waals surface area contributed by atoms with Gasteiger partial charge in [0.2, 0.25) is 0 Å². The van der Waals surface area contributed by atoms with Gasteiger partial charge in [-0.3, -0.25) is 9.59 Å². The maximum atomic E-state index is 13.1. The van der Waals surface area contributed by atoms with E-state index in [2.05, 4.69) is 0 Å². The summed E-state index contributed by atoms with van der Waals surface area (Å²) in [5.41, 5.74) is 3.59. The largest absolute Gasteiger partial charge is 0.396 e. The lowest BCUT2D eigenvalue weighted by Crippen LogP contribution is -2.32. The smallest absolute Gasteiger partial charge is 0.272 e. The zero-order valence-corrected chi connectivity index (χ0v) is 15.0. The topological polar surface area (TPSA) is 57.6 Å². The van der Waals surface area contributed by atoms with Gasteiger partial charge in [0.05, 0.1) is 22.8 Å². The molecule has 128 valence electrons. The van der Waals surface area contributed by atoms with Crippen molar-refractivity contribution in [3.63, 3.8) is 0 Å². The molecule has 0 radical (unpaired) electrons. The number of aryl methyl sites for hydroxylation is 2. The van der Waals surface area contributed by atoms with Crippen LogP contribution in [-0.4, -0.2) is 29.3 Å². The summed E-state index contributed by atoms with van der Waals surface area (Å²) in [6.45, 7) is 3.76. The molecule has 25 heavy (non-hydrogen) atoms. The number of imide groups is 1. The predicted molar refractivity (Wildman–Crippen MR) is 101 cm³/mol. The molecule has 2 amide bonds. The Hall–Kier alpha value is -2.37. The van der Waals surface area contributed by atoms with Gasteiger partial charge in [-0.15, -0.1) is 11.8 Å². The highest BCUT2D eigenvalue weighted by atomic mass is 32.2. The first-order chi connectivity index (χ1) is 12.0. The Kier molecular flexibility index (Phi) is 5.06. The van der Waals surface area contributed by atoms with E-state index in [0.29, 0.717) is 27.5 Å². The van der Waals surface area contributed by atoms with Gasteiger partial charge in [-0.25, -0.2) is 4.90 Å². The maximum Gasteiger partial charge on any atom is 0.272 e. The van der Waals surface area contributed by atoms with E-state index in [0.717, 1.165) is 11.1 Å². The van der Waals surface area contributed by atoms with Gasteiger partial charge in [0, 0.05) is 5.75 Å². The molecule has 0 fully saturated rings. The Morgan fingerprint density at radius 1 is 1.00 bits per heavy atom. The molecule has 1 aliphatic rings. The lowest BCUT2D eigenvalue weighted by molar-refractivity contribution is -0.119. The Morgan fingerprint density at radius 3 is 2.40 bits per heavy atom. The Balaban J connectivity index is 2.11. The normalized spacial score (nSPS) is 14.6. The minimum absolute atomic E-state index is 0.0544. The Morgan fingerprint density at radius 2 is 1.72 bits per heavy atom. The van der Waals surface area contributed by atoms with Gasteiger partial charge in [-0.2, -0.15) is 0 Å². The van der Waals surface area contributed by atoms with Gasteiger partial charge >= 0.3 is 0 Å². The van der Waals surface area contributed by atoms with Crippen molar-refractivity contribution in [2.45, 2.75) is 13.8 Å². The molecule has 0 atom stereocenters. The van der Waals surface area contributed by atoms with E-state index in [1.54, 1.807) is 0 Å². The molecule has 0 unspecified atom stereocenters. The lowest BCUT2D eigenvalue weighted by atomic mass is 10.1. The number of hydrogen-bond acceptors (Lipinski definition) is 4. The fraction of sp³-hybridized carbons (Fsp3) is 0.200. The van der Waals surface area contributed by atoms with Crippen molar-refractivity contribution in [2.24, 2.45) is 0 Å². The monoisotopic (exact) mass is 353 g/mol. The maximum absolute atomic E-state index is 13.1. The first kappa shape index (κ1) is 17.5. The van der Waals surface area contributed by atoms with Crippen LogP contribution >= 0.6 is 11.8 Å². The van der Waals surface area contributed by atoms with Crippen LogP contribution in [0.25, 0.3) is 5.57 Å². The van der Waals surface area contributed by atoms with Gasteiger partial charge in [0.15, 0.2) is 0 Å². The number of aliphatic hydroxyl groups excluding tert-OH is 1. The summed E-state index contributed by atoms with van der Waals surface area (Å²) in [6, 6.07) is 14.9. The number of carbonyl (C=O) groups is 2. The first-order valence-electron chi connectivity index (χ1n) is 8.04. The molecule has 5 heteroatoms. The van der Waals surface area contributed by atoms with Crippen LogP contribution in [0, 0.1) is 13.8 Å². The first-order valence-corrected chi connectivity index (χ1v) is 9.02. The van der Waals surface area contributed by atoms with E-state index < -0.39 is 0 Å². The number of anilines is 1. The molecule has 1 aliphatic heterocycles. The number of hydrogen-bond donors (Lipinski definition) is 1. The number of carbonyl (C=O) groups excluding carboxylic acids is 2. The summed E-state index contributed by atoms with van der Waals surface area (Å²) in [4.78, 5) is 27.8. The fourth-order valence-corrected chi connectivity index (χ4v) is 3.69. The lowest BCUT2D eigenvalue weighted by Gasteiger charge is -2.18. The van der Waals surface area contributed by atoms with E-state index >= 15 is 0 Å². The van der Waals surface area contributed by atoms with Crippen molar-refractivity contribution in [3.8, 4) is 0 Å². The molecular formula is C20H19NO3S. The molecular weight excluding hydrogens is 334 g/mol. The summed E-state index contributed by atoms with van der Waals surface area (Å²) in [7, 11) is 0. The van der Waals surface area contributed by atoms with Crippen molar-refractivity contribution in [2.75, 3.05) is 17.3 Å². The average Bonchev–Trinajstić information content (AvgIpc) is 2.86. The van der Waals surface area contributed by atoms with Crippen LogP contribution < -0.4 is 4.90 Å². The molecule has 0 aromatic heterocycles. The molecule has 0 spiro atoms. The van der Waals surface area contributed by atoms with Crippen molar-refractivity contribution < 1.29 is 14.7 Å². The van der Waals surface area contributed by atoms with Crippen molar-refractivity contribution in [1.82, 2.24) is 0 Å². The second-order valence-corrected chi connectivity index (χ2v) is 6.98. The molecule has 1 N–H and O–H groups in total. The highest BCUT2D eigenvalue weighted by molar-refractivity contribution is 8.04. The summed E-state index contributed by atoms with van der Waals surface area (Å²) in [5, 5.41) is 9.15. The van der Waals surface area contributed by atoms with Gasteiger partial charge in [0.1, 0.15) is 0 Å². The summed E-state index contributed by atoms with van der Waals surface area (Å²) < 4.78 is 0. The van der Waals surface area contributed by atoms with Crippen LogP contribution in [-0.2, 0) is 9.59 Å². The molecule has 4 nitrogen and oxygen atoms in total. The van der Waals surface area contributed by atoms with Gasteiger partial charge in [-0.1, -0.05) is 42.5 Å². The second-order valence-electron chi connectivity index (χ2n) is 5.88. The van der Waals surface area contributed by atoms with Gasteiger partial charge in [0.25, 0.3) is 11.8 Å². The second kappa shape index (κ2) is 7.25. The molecule has 0 saturated heterocycles. The third kappa shape index (κ3) is 3.25. The van der Waals surface area contributed by atoms with E-state index in [-0.39, 0.29) is 18.4 Å². The summed E-state index contributed by atoms with van der Waals surface area (Å²) in [6.07, 6.45) is 0. The molecule has 1 heterocycles. The number of aliphatic hydroxyl groups is 1. The predicted octanol–water partition coefficient (Wildman–Crippen LogP) is 3.31. The number of amides is 2. The third-order valence-corrected chi connectivity index (χ3v) is 5.10. The Labute approximate surface area is 151 Å². The highest BCUT2D eigenvalue weighted by Crippen LogP contribution is 2.39. The van der Waals surface area contributed by atoms with E-state index in [1.165, 1.54) is 16.7 Å². The van der Waals surface area contributed by atoms with E-state index in [4.69, 9.17) is 5.11 Å². The summed E-state index contributed by atoms with van der Waals surface area (Å²) >= 11 is 1.22. The minimum Gasteiger partial charge on any atom is -0.396 e. The highest BCUT2D eigenvalue weighted by Gasteiger charge is 2.40. The van der Waals surface area contributed by atoms with Crippen molar-refractivity contribution >= 4 is 34.8 Å². The molecule has 2 aromatic carbocycles. The molecule has 0 aliphatic carbocycles.